The number of benzene rings is 3. The predicted octanol–water partition coefficient (Wildman–Crippen LogP) is 5.53. The molecule has 0 fully saturated rings. The van der Waals surface area contributed by atoms with Crippen molar-refractivity contribution in [2.24, 2.45) is 5.92 Å². The number of anilines is 2. The normalized spacial score (nSPS) is 10.5. The Morgan fingerprint density at radius 3 is 2.10 bits per heavy atom. The first-order valence-corrected chi connectivity index (χ1v) is 9.93. The Hall–Kier alpha value is -3.60. The summed E-state index contributed by atoms with van der Waals surface area (Å²) in [5, 5.41) is 5.79. The standard InChI is InChI=1S/C25H26N2O3/c1-17(2)16-30-22-12-9-20(10-13-22)24(28)26-21-11-14-23(18(3)15-21)27-25(29)19-7-5-4-6-8-19/h4-15,17H,16H2,1-3H3,(H,26,28)(H,27,29). The Morgan fingerprint density at radius 2 is 1.47 bits per heavy atom. The van der Waals surface area contributed by atoms with Gasteiger partial charge < -0.3 is 15.4 Å². The number of hydrogen-bond acceptors (Lipinski definition) is 3. The second kappa shape index (κ2) is 9.74. The summed E-state index contributed by atoms with van der Waals surface area (Å²) in [4.78, 5) is 24.9. The minimum Gasteiger partial charge on any atom is -0.493 e. The van der Waals surface area contributed by atoms with Crippen LogP contribution in [-0.2, 0) is 0 Å². The van der Waals surface area contributed by atoms with Crippen LogP contribution in [0.3, 0.4) is 0 Å². The lowest BCUT2D eigenvalue weighted by Crippen LogP contribution is -2.14. The number of aryl methyl sites for hydroxylation is 1. The van der Waals surface area contributed by atoms with Gasteiger partial charge in [0.25, 0.3) is 11.8 Å². The third-order valence-electron chi connectivity index (χ3n) is 4.47. The van der Waals surface area contributed by atoms with E-state index in [9.17, 15) is 9.59 Å². The minimum atomic E-state index is -0.203. The zero-order chi connectivity index (χ0) is 21.5. The summed E-state index contributed by atoms with van der Waals surface area (Å²) in [6.07, 6.45) is 0. The third kappa shape index (κ3) is 5.70. The Kier molecular flexibility index (Phi) is 6.86. The highest BCUT2D eigenvalue weighted by Crippen LogP contribution is 2.21. The SMILES string of the molecule is Cc1cc(NC(=O)c2ccc(OCC(C)C)cc2)ccc1NC(=O)c1ccccc1. The zero-order valence-corrected chi connectivity index (χ0v) is 17.4. The van der Waals surface area contributed by atoms with E-state index < -0.39 is 0 Å². The van der Waals surface area contributed by atoms with Crippen LogP contribution < -0.4 is 15.4 Å². The van der Waals surface area contributed by atoms with E-state index in [4.69, 9.17) is 4.74 Å². The molecule has 0 aliphatic rings. The molecule has 5 nitrogen and oxygen atoms in total. The molecule has 154 valence electrons. The van der Waals surface area contributed by atoms with Gasteiger partial charge in [0, 0.05) is 22.5 Å². The van der Waals surface area contributed by atoms with Gasteiger partial charge in [0.1, 0.15) is 5.75 Å². The van der Waals surface area contributed by atoms with Crippen molar-refractivity contribution < 1.29 is 14.3 Å². The molecule has 3 rings (SSSR count). The smallest absolute Gasteiger partial charge is 0.255 e. The largest absolute Gasteiger partial charge is 0.493 e. The lowest BCUT2D eigenvalue weighted by atomic mass is 10.1. The molecule has 3 aromatic carbocycles. The van der Waals surface area contributed by atoms with E-state index in [0.29, 0.717) is 35.0 Å². The summed E-state index contributed by atoms with van der Waals surface area (Å²) in [5.41, 5.74) is 3.36. The second-order valence-electron chi connectivity index (χ2n) is 7.53. The molecule has 0 aliphatic carbocycles. The van der Waals surface area contributed by atoms with Crippen molar-refractivity contribution >= 4 is 23.2 Å². The molecular weight excluding hydrogens is 376 g/mol. The molecule has 30 heavy (non-hydrogen) atoms. The highest BCUT2D eigenvalue weighted by molar-refractivity contribution is 6.06. The molecular formula is C25H26N2O3. The molecule has 0 spiro atoms. The van der Waals surface area contributed by atoms with Crippen LogP contribution in [0.2, 0.25) is 0 Å². The quantitative estimate of drug-likeness (QED) is 0.546. The van der Waals surface area contributed by atoms with Crippen LogP contribution in [0.1, 0.15) is 40.1 Å². The van der Waals surface area contributed by atoms with Gasteiger partial charge in [-0.15, -0.1) is 0 Å². The van der Waals surface area contributed by atoms with E-state index >= 15 is 0 Å². The molecule has 3 aromatic rings. The third-order valence-corrected chi connectivity index (χ3v) is 4.47. The van der Waals surface area contributed by atoms with Gasteiger partial charge in [-0.25, -0.2) is 0 Å². The Labute approximate surface area is 177 Å². The van der Waals surface area contributed by atoms with E-state index in [1.54, 1.807) is 48.5 Å². The maximum Gasteiger partial charge on any atom is 0.255 e. The lowest BCUT2D eigenvalue weighted by molar-refractivity contribution is 0.101. The van der Waals surface area contributed by atoms with Gasteiger partial charge in [-0.05, 0) is 73.0 Å². The van der Waals surface area contributed by atoms with Crippen LogP contribution in [0.5, 0.6) is 5.75 Å². The highest BCUT2D eigenvalue weighted by Gasteiger charge is 2.10. The summed E-state index contributed by atoms with van der Waals surface area (Å²) >= 11 is 0. The summed E-state index contributed by atoms with van der Waals surface area (Å²) in [6.45, 7) is 6.69. The number of amides is 2. The van der Waals surface area contributed by atoms with Gasteiger partial charge >= 0.3 is 0 Å². The average Bonchev–Trinajstić information content (AvgIpc) is 2.75. The number of rotatable bonds is 7. The fraction of sp³-hybridized carbons (Fsp3) is 0.200. The van der Waals surface area contributed by atoms with Crippen molar-refractivity contribution in [1.29, 1.82) is 0 Å². The average molecular weight is 402 g/mol. The summed E-state index contributed by atoms with van der Waals surface area (Å²) in [5.74, 6) is 0.812. The van der Waals surface area contributed by atoms with E-state index in [1.165, 1.54) is 0 Å². The minimum absolute atomic E-state index is 0.171. The number of hydrogen-bond donors (Lipinski definition) is 2. The van der Waals surface area contributed by atoms with Crippen molar-refractivity contribution in [1.82, 2.24) is 0 Å². The first-order valence-electron chi connectivity index (χ1n) is 9.93. The Bertz CT molecular complexity index is 1010. The fourth-order valence-electron chi connectivity index (χ4n) is 2.83. The predicted molar refractivity (Wildman–Crippen MR) is 120 cm³/mol. The topological polar surface area (TPSA) is 67.4 Å². The summed E-state index contributed by atoms with van der Waals surface area (Å²) < 4.78 is 5.65. The maximum atomic E-state index is 12.5. The molecule has 5 heteroatoms. The van der Waals surface area contributed by atoms with Gasteiger partial charge in [-0.1, -0.05) is 32.0 Å². The number of carbonyl (C=O) groups excluding carboxylic acids is 2. The van der Waals surface area contributed by atoms with E-state index in [2.05, 4.69) is 24.5 Å². The monoisotopic (exact) mass is 402 g/mol. The number of nitrogens with one attached hydrogen (secondary N) is 2. The molecule has 0 aromatic heterocycles. The van der Waals surface area contributed by atoms with Crippen LogP contribution in [-0.4, -0.2) is 18.4 Å². The second-order valence-corrected chi connectivity index (χ2v) is 7.53. The fourth-order valence-corrected chi connectivity index (χ4v) is 2.83. The summed E-state index contributed by atoms with van der Waals surface area (Å²) in [6, 6.07) is 21.5. The van der Waals surface area contributed by atoms with Crippen LogP contribution >= 0.6 is 0 Å². The van der Waals surface area contributed by atoms with E-state index in [0.717, 1.165) is 11.3 Å². The van der Waals surface area contributed by atoms with Gasteiger partial charge in [-0.3, -0.25) is 9.59 Å². The van der Waals surface area contributed by atoms with E-state index in [-0.39, 0.29) is 11.8 Å². The summed E-state index contributed by atoms with van der Waals surface area (Å²) in [7, 11) is 0. The van der Waals surface area contributed by atoms with Gasteiger partial charge in [0.15, 0.2) is 0 Å². The zero-order valence-electron chi connectivity index (χ0n) is 17.4. The number of ether oxygens (including phenoxy) is 1. The highest BCUT2D eigenvalue weighted by atomic mass is 16.5. The molecule has 0 radical (unpaired) electrons. The Morgan fingerprint density at radius 1 is 0.833 bits per heavy atom. The van der Waals surface area contributed by atoms with Crippen LogP contribution in [0, 0.1) is 12.8 Å². The molecule has 0 bridgehead atoms. The lowest BCUT2D eigenvalue weighted by Gasteiger charge is -2.12. The first kappa shape index (κ1) is 21.1. The molecule has 2 amide bonds. The van der Waals surface area contributed by atoms with Crippen LogP contribution in [0.4, 0.5) is 11.4 Å². The first-order chi connectivity index (χ1) is 14.4. The molecule has 2 N–H and O–H groups in total. The van der Waals surface area contributed by atoms with Crippen LogP contribution in [0.15, 0.2) is 72.8 Å². The van der Waals surface area contributed by atoms with Gasteiger partial charge in [0.2, 0.25) is 0 Å². The number of carbonyl (C=O) groups is 2. The molecule has 0 aliphatic heterocycles. The molecule has 0 heterocycles. The van der Waals surface area contributed by atoms with Crippen LogP contribution in [0.25, 0.3) is 0 Å². The van der Waals surface area contributed by atoms with Gasteiger partial charge in [-0.2, -0.15) is 0 Å². The molecule has 0 saturated heterocycles. The Balaban J connectivity index is 1.62. The maximum absolute atomic E-state index is 12.5. The van der Waals surface area contributed by atoms with Gasteiger partial charge in [0.05, 0.1) is 6.61 Å². The van der Waals surface area contributed by atoms with Crippen molar-refractivity contribution in [3.8, 4) is 5.75 Å². The van der Waals surface area contributed by atoms with Crippen molar-refractivity contribution in [3.63, 3.8) is 0 Å². The van der Waals surface area contributed by atoms with Crippen molar-refractivity contribution in [2.75, 3.05) is 17.2 Å². The molecule has 0 unspecified atom stereocenters. The molecule has 0 atom stereocenters. The molecule has 0 saturated carbocycles. The van der Waals surface area contributed by atoms with Crippen molar-refractivity contribution in [2.45, 2.75) is 20.8 Å². The van der Waals surface area contributed by atoms with E-state index in [1.807, 2.05) is 31.2 Å². The van der Waals surface area contributed by atoms with Crippen molar-refractivity contribution in [3.05, 3.63) is 89.5 Å².